The number of nitrogens with one attached hydrogen (secondary N) is 1. The summed E-state index contributed by atoms with van der Waals surface area (Å²) in [6.45, 7) is 1.07. The molecule has 18 heavy (non-hydrogen) atoms. The topological polar surface area (TPSA) is 68.3 Å². The van der Waals surface area contributed by atoms with Gasteiger partial charge in [-0.25, -0.2) is 0 Å². The zero-order chi connectivity index (χ0) is 12.8. The van der Waals surface area contributed by atoms with Gasteiger partial charge in [-0.1, -0.05) is 32.1 Å². The lowest BCUT2D eigenvalue weighted by Crippen LogP contribution is -2.26. The van der Waals surface area contributed by atoms with Crippen LogP contribution < -0.4 is 11.1 Å². The molecule has 1 aromatic rings. The van der Waals surface area contributed by atoms with E-state index in [9.17, 15) is 4.79 Å². The first-order valence-corrected chi connectivity index (χ1v) is 6.86. The summed E-state index contributed by atoms with van der Waals surface area (Å²) < 4.78 is 5.30. The molecule has 0 aliphatic heterocycles. The lowest BCUT2D eigenvalue weighted by molar-refractivity contribution is 0.0921. The zero-order valence-corrected chi connectivity index (χ0v) is 10.8. The molecule has 1 amide bonds. The van der Waals surface area contributed by atoms with Gasteiger partial charge in [0.1, 0.15) is 5.76 Å². The van der Waals surface area contributed by atoms with Gasteiger partial charge in [-0.2, -0.15) is 0 Å². The highest BCUT2D eigenvalue weighted by molar-refractivity contribution is 5.91. The molecular weight excluding hydrogens is 228 g/mol. The molecule has 1 heterocycles. The minimum absolute atomic E-state index is 0.134. The Bertz CT molecular complexity index is 381. The van der Waals surface area contributed by atoms with Crippen LogP contribution >= 0.6 is 0 Å². The number of carbonyl (C=O) groups is 1. The standard InChI is InChI=1S/C14H22N2O2/c15-10-12-6-7-13(18-12)14(17)16-9-8-11-4-2-1-3-5-11/h6-7,11H,1-5,8-10,15H2,(H,16,17). The van der Waals surface area contributed by atoms with Gasteiger partial charge in [0.15, 0.2) is 5.76 Å². The Morgan fingerprint density at radius 1 is 1.33 bits per heavy atom. The van der Waals surface area contributed by atoms with Crippen LogP contribution in [0.5, 0.6) is 0 Å². The SMILES string of the molecule is NCc1ccc(C(=O)NCCC2CCCCC2)o1. The van der Waals surface area contributed by atoms with Crippen LogP contribution in [0.2, 0.25) is 0 Å². The van der Waals surface area contributed by atoms with E-state index in [1.807, 2.05) is 0 Å². The van der Waals surface area contributed by atoms with Gasteiger partial charge in [0, 0.05) is 6.54 Å². The van der Waals surface area contributed by atoms with E-state index in [4.69, 9.17) is 10.2 Å². The molecule has 0 bridgehead atoms. The average molecular weight is 250 g/mol. The fraction of sp³-hybridized carbons (Fsp3) is 0.643. The molecule has 1 aliphatic rings. The van der Waals surface area contributed by atoms with Gasteiger partial charge in [-0.05, 0) is 24.5 Å². The molecule has 1 aliphatic carbocycles. The molecule has 0 aromatic carbocycles. The third-order valence-corrected chi connectivity index (χ3v) is 3.65. The van der Waals surface area contributed by atoms with Gasteiger partial charge in [0.2, 0.25) is 0 Å². The first kappa shape index (κ1) is 13.1. The summed E-state index contributed by atoms with van der Waals surface area (Å²) in [5.41, 5.74) is 5.44. The molecule has 0 unspecified atom stereocenters. The van der Waals surface area contributed by atoms with Crippen molar-refractivity contribution in [3.8, 4) is 0 Å². The van der Waals surface area contributed by atoms with Crippen molar-refractivity contribution in [2.24, 2.45) is 11.7 Å². The smallest absolute Gasteiger partial charge is 0.286 e. The summed E-state index contributed by atoms with van der Waals surface area (Å²) in [5, 5.41) is 2.91. The lowest BCUT2D eigenvalue weighted by Gasteiger charge is -2.21. The van der Waals surface area contributed by atoms with Crippen LogP contribution in [0.1, 0.15) is 54.8 Å². The van der Waals surface area contributed by atoms with Crippen LogP contribution in [0.15, 0.2) is 16.5 Å². The van der Waals surface area contributed by atoms with Crippen LogP contribution in [0.25, 0.3) is 0 Å². The van der Waals surface area contributed by atoms with Crippen molar-refractivity contribution in [1.29, 1.82) is 0 Å². The van der Waals surface area contributed by atoms with Crippen LogP contribution in [0.4, 0.5) is 0 Å². The summed E-state index contributed by atoms with van der Waals surface area (Å²) in [5.74, 6) is 1.66. The predicted molar refractivity (Wildman–Crippen MR) is 70.1 cm³/mol. The van der Waals surface area contributed by atoms with Gasteiger partial charge in [-0.3, -0.25) is 4.79 Å². The van der Waals surface area contributed by atoms with E-state index in [1.54, 1.807) is 12.1 Å². The van der Waals surface area contributed by atoms with Crippen LogP contribution in [-0.2, 0) is 6.54 Å². The second-order valence-corrected chi connectivity index (χ2v) is 5.02. The lowest BCUT2D eigenvalue weighted by atomic mass is 9.87. The van der Waals surface area contributed by atoms with Crippen molar-refractivity contribution in [2.45, 2.75) is 45.1 Å². The molecule has 4 nitrogen and oxygen atoms in total. The van der Waals surface area contributed by atoms with Crippen molar-refractivity contribution >= 4 is 5.91 Å². The van der Waals surface area contributed by atoms with Crippen molar-refractivity contribution in [2.75, 3.05) is 6.54 Å². The Hall–Kier alpha value is -1.29. The molecule has 4 heteroatoms. The van der Waals surface area contributed by atoms with E-state index in [0.717, 1.165) is 18.9 Å². The molecule has 1 fully saturated rings. The predicted octanol–water partition coefficient (Wildman–Crippen LogP) is 2.44. The average Bonchev–Trinajstić information content (AvgIpc) is 2.89. The number of furan rings is 1. The van der Waals surface area contributed by atoms with Gasteiger partial charge in [-0.15, -0.1) is 0 Å². The number of hydrogen-bond acceptors (Lipinski definition) is 3. The highest BCUT2D eigenvalue weighted by Gasteiger charge is 2.14. The van der Waals surface area contributed by atoms with Crippen molar-refractivity contribution < 1.29 is 9.21 Å². The van der Waals surface area contributed by atoms with Crippen molar-refractivity contribution in [3.63, 3.8) is 0 Å². The second kappa shape index (κ2) is 6.59. The van der Waals surface area contributed by atoms with E-state index in [2.05, 4.69) is 5.32 Å². The monoisotopic (exact) mass is 250 g/mol. The molecule has 100 valence electrons. The molecule has 0 saturated heterocycles. The van der Waals surface area contributed by atoms with Crippen molar-refractivity contribution in [3.05, 3.63) is 23.7 Å². The number of nitrogens with two attached hydrogens (primary N) is 1. The quantitative estimate of drug-likeness (QED) is 0.843. The Morgan fingerprint density at radius 3 is 2.78 bits per heavy atom. The summed E-state index contributed by atoms with van der Waals surface area (Å²) in [4.78, 5) is 11.8. The normalized spacial score (nSPS) is 16.7. The Morgan fingerprint density at radius 2 is 2.11 bits per heavy atom. The Labute approximate surface area is 108 Å². The zero-order valence-electron chi connectivity index (χ0n) is 10.8. The van der Waals surface area contributed by atoms with E-state index in [0.29, 0.717) is 18.1 Å². The van der Waals surface area contributed by atoms with Gasteiger partial charge >= 0.3 is 0 Å². The van der Waals surface area contributed by atoms with Crippen LogP contribution in [0, 0.1) is 5.92 Å². The molecule has 0 radical (unpaired) electrons. The van der Waals surface area contributed by atoms with E-state index in [-0.39, 0.29) is 5.91 Å². The number of amides is 1. The highest BCUT2D eigenvalue weighted by atomic mass is 16.4. The second-order valence-electron chi connectivity index (χ2n) is 5.02. The maximum atomic E-state index is 11.8. The third-order valence-electron chi connectivity index (χ3n) is 3.65. The maximum Gasteiger partial charge on any atom is 0.286 e. The Kier molecular flexibility index (Phi) is 4.81. The fourth-order valence-electron chi connectivity index (χ4n) is 2.56. The molecule has 3 N–H and O–H groups in total. The first-order chi connectivity index (χ1) is 8.79. The summed E-state index contributed by atoms with van der Waals surface area (Å²) in [6.07, 6.45) is 7.77. The maximum absolute atomic E-state index is 11.8. The first-order valence-electron chi connectivity index (χ1n) is 6.86. The minimum atomic E-state index is -0.134. The van der Waals surface area contributed by atoms with E-state index in [1.165, 1.54) is 32.1 Å². The molecule has 1 aromatic heterocycles. The van der Waals surface area contributed by atoms with Gasteiger partial charge in [0.25, 0.3) is 5.91 Å². The minimum Gasteiger partial charge on any atom is -0.455 e. The van der Waals surface area contributed by atoms with Gasteiger partial charge < -0.3 is 15.5 Å². The molecule has 0 spiro atoms. The molecular formula is C14H22N2O2. The van der Waals surface area contributed by atoms with E-state index < -0.39 is 0 Å². The van der Waals surface area contributed by atoms with Crippen LogP contribution in [0.3, 0.4) is 0 Å². The van der Waals surface area contributed by atoms with E-state index >= 15 is 0 Å². The fourth-order valence-corrected chi connectivity index (χ4v) is 2.56. The largest absolute Gasteiger partial charge is 0.455 e. The molecule has 1 saturated carbocycles. The number of hydrogen-bond donors (Lipinski definition) is 2. The highest BCUT2D eigenvalue weighted by Crippen LogP contribution is 2.25. The van der Waals surface area contributed by atoms with Crippen LogP contribution in [-0.4, -0.2) is 12.5 Å². The Balaban J connectivity index is 1.70. The number of carbonyl (C=O) groups excluding carboxylic acids is 1. The molecule has 0 atom stereocenters. The third kappa shape index (κ3) is 3.60. The summed E-state index contributed by atoms with van der Waals surface area (Å²) in [6, 6.07) is 3.42. The number of rotatable bonds is 5. The summed E-state index contributed by atoms with van der Waals surface area (Å²) >= 11 is 0. The summed E-state index contributed by atoms with van der Waals surface area (Å²) in [7, 11) is 0. The molecule has 2 rings (SSSR count). The van der Waals surface area contributed by atoms with Crippen molar-refractivity contribution in [1.82, 2.24) is 5.32 Å². The van der Waals surface area contributed by atoms with Gasteiger partial charge in [0.05, 0.1) is 6.54 Å².